The van der Waals surface area contributed by atoms with Crippen LogP contribution >= 0.6 is 0 Å². The van der Waals surface area contributed by atoms with Crippen LogP contribution < -0.4 is 11.1 Å². The second-order valence-electron chi connectivity index (χ2n) is 6.97. The Kier molecular flexibility index (Phi) is 3.54. The number of carbonyl (C=O) groups is 1. The molecule has 2 rings (SSSR count). The van der Waals surface area contributed by atoms with Crippen LogP contribution in [0, 0.1) is 10.8 Å². The fourth-order valence-corrected chi connectivity index (χ4v) is 3.62. The van der Waals surface area contributed by atoms with E-state index in [9.17, 15) is 9.90 Å². The first-order valence-corrected chi connectivity index (χ1v) is 6.98. The molecule has 4 heteroatoms. The average molecular weight is 276 g/mol. The molecule has 0 bridgehead atoms. The van der Waals surface area contributed by atoms with E-state index in [2.05, 4.69) is 33.0 Å². The number of hydrogen-bond donors (Lipinski definition) is 3. The lowest BCUT2D eigenvalue weighted by atomic mass is 9.48. The van der Waals surface area contributed by atoms with Gasteiger partial charge in [-0.2, -0.15) is 0 Å². The highest BCUT2D eigenvalue weighted by atomic mass is 16.3. The zero-order valence-corrected chi connectivity index (χ0v) is 12.6. The third-order valence-electron chi connectivity index (χ3n) is 4.67. The minimum atomic E-state index is -0.0992. The first kappa shape index (κ1) is 14.9. The lowest BCUT2D eigenvalue weighted by Crippen LogP contribution is -2.76. The molecule has 0 radical (unpaired) electrons. The molecule has 1 aliphatic carbocycles. The van der Waals surface area contributed by atoms with Crippen molar-refractivity contribution >= 4 is 5.91 Å². The monoisotopic (exact) mass is 276 g/mol. The summed E-state index contributed by atoms with van der Waals surface area (Å²) in [6, 6.07) is 6.92. The van der Waals surface area contributed by atoms with Crippen molar-refractivity contribution in [2.75, 3.05) is 0 Å². The Morgan fingerprint density at radius 1 is 1.30 bits per heavy atom. The van der Waals surface area contributed by atoms with E-state index in [0.717, 1.165) is 5.56 Å². The van der Waals surface area contributed by atoms with Crippen LogP contribution in [-0.4, -0.2) is 23.1 Å². The Balaban J connectivity index is 2.02. The number of nitrogens with two attached hydrogens (primary N) is 1. The zero-order valence-electron chi connectivity index (χ0n) is 12.6. The Morgan fingerprint density at radius 3 is 2.45 bits per heavy atom. The Labute approximate surface area is 120 Å². The normalized spacial score (nSPS) is 26.6. The van der Waals surface area contributed by atoms with E-state index in [0.29, 0.717) is 0 Å². The summed E-state index contributed by atoms with van der Waals surface area (Å²) in [5.74, 6) is 0.148. The molecular weight excluding hydrogens is 252 g/mol. The number of phenolic OH excluding ortho intramolecular Hbond substituents is 1. The fraction of sp³-hybridized carbons (Fsp3) is 0.562. The van der Waals surface area contributed by atoms with E-state index in [4.69, 9.17) is 5.73 Å². The molecule has 0 saturated heterocycles. The van der Waals surface area contributed by atoms with Crippen molar-refractivity contribution in [3.8, 4) is 5.75 Å². The molecule has 1 fully saturated rings. The lowest BCUT2D eigenvalue weighted by Gasteiger charge is -2.62. The second-order valence-corrected chi connectivity index (χ2v) is 6.97. The summed E-state index contributed by atoms with van der Waals surface area (Å²) in [4.78, 5) is 12.2. The Morgan fingerprint density at radius 2 is 1.90 bits per heavy atom. The molecule has 1 saturated carbocycles. The SMILES string of the molecule is CC1(C)C(N)C(C)(C)C1NC(=O)Cc1cccc(O)c1. The van der Waals surface area contributed by atoms with Gasteiger partial charge >= 0.3 is 0 Å². The molecule has 1 aromatic rings. The van der Waals surface area contributed by atoms with Crippen molar-refractivity contribution in [2.45, 2.75) is 46.2 Å². The van der Waals surface area contributed by atoms with Crippen LogP contribution in [-0.2, 0) is 11.2 Å². The first-order valence-electron chi connectivity index (χ1n) is 6.98. The molecular formula is C16H24N2O2. The molecule has 0 heterocycles. The summed E-state index contributed by atoms with van der Waals surface area (Å²) in [6.07, 6.45) is 0.270. The molecule has 0 spiro atoms. The number of aromatic hydroxyl groups is 1. The van der Waals surface area contributed by atoms with E-state index in [1.54, 1.807) is 18.2 Å². The van der Waals surface area contributed by atoms with Gasteiger partial charge in [0.2, 0.25) is 5.91 Å². The van der Waals surface area contributed by atoms with Gasteiger partial charge in [0.1, 0.15) is 5.75 Å². The van der Waals surface area contributed by atoms with Gasteiger partial charge in [-0.25, -0.2) is 0 Å². The largest absolute Gasteiger partial charge is 0.508 e. The number of carbonyl (C=O) groups excluding carboxylic acids is 1. The summed E-state index contributed by atoms with van der Waals surface area (Å²) in [7, 11) is 0. The lowest BCUT2D eigenvalue weighted by molar-refractivity contribution is -0.131. The maximum absolute atomic E-state index is 12.2. The highest BCUT2D eigenvalue weighted by Crippen LogP contribution is 2.52. The predicted octanol–water partition coefficient (Wildman–Crippen LogP) is 1.81. The molecule has 0 aliphatic heterocycles. The van der Waals surface area contributed by atoms with E-state index in [1.807, 2.05) is 6.07 Å². The van der Waals surface area contributed by atoms with Gasteiger partial charge in [-0.05, 0) is 17.7 Å². The summed E-state index contributed by atoms with van der Waals surface area (Å²) >= 11 is 0. The van der Waals surface area contributed by atoms with Gasteiger partial charge in [0, 0.05) is 22.9 Å². The maximum atomic E-state index is 12.2. The summed E-state index contributed by atoms with van der Waals surface area (Å²) in [5, 5.41) is 12.5. The number of hydrogen-bond acceptors (Lipinski definition) is 3. The molecule has 1 aromatic carbocycles. The fourth-order valence-electron chi connectivity index (χ4n) is 3.62. The highest BCUT2D eigenvalue weighted by Gasteiger charge is 2.60. The van der Waals surface area contributed by atoms with Crippen LogP contribution in [0.5, 0.6) is 5.75 Å². The van der Waals surface area contributed by atoms with Crippen LogP contribution in [0.25, 0.3) is 0 Å². The number of amides is 1. The molecule has 110 valence electrons. The van der Waals surface area contributed by atoms with Crippen molar-refractivity contribution in [1.82, 2.24) is 5.32 Å². The molecule has 1 aliphatic rings. The maximum Gasteiger partial charge on any atom is 0.224 e. The summed E-state index contributed by atoms with van der Waals surface area (Å²) in [6.45, 7) is 8.34. The van der Waals surface area contributed by atoms with Crippen molar-refractivity contribution in [3.05, 3.63) is 29.8 Å². The molecule has 0 aromatic heterocycles. The first-order chi connectivity index (χ1) is 9.15. The van der Waals surface area contributed by atoms with E-state index < -0.39 is 0 Å². The van der Waals surface area contributed by atoms with Gasteiger partial charge < -0.3 is 16.2 Å². The van der Waals surface area contributed by atoms with Gasteiger partial charge in [0.25, 0.3) is 0 Å². The van der Waals surface area contributed by atoms with Crippen LogP contribution in [0.4, 0.5) is 0 Å². The molecule has 0 atom stereocenters. The van der Waals surface area contributed by atoms with Gasteiger partial charge in [-0.15, -0.1) is 0 Å². The molecule has 0 unspecified atom stereocenters. The quantitative estimate of drug-likeness (QED) is 0.788. The smallest absolute Gasteiger partial charge is 0.224 e. The molecule has 4 nitrogen and oxygen atoms in total. The average Bonchev–Trinajstić information content (AvgIpc) is 2.34. The third kappa shape index (κ3) is 2.40. The van der Waals surface area contributed by atoms with E-state index in [1.165, 1.54) is 0 Å². The second kappa shape index (κ2) is 4.77. The van der Waals surface area contributed by atoms with Gasteiger partial charge in [0.15, 0.2) is 0 Å². The number of benzene rings is 1. The van der Waals surface area contributed by atoms with Gasteiger partial charge in [0.05, 0.1) is 6.42 Å². The van der Waals surface area contributed by atoms with Gasteiger partial charge in [-0.3, -0.25) is 4.79 Å². The molecule has 4 N–H and O–H groups in total. The number of rotatable bonds is 3. The van der Waals surface area contributed by atoms with Crippen molar-refractivity contribution < 1.29 is 9.90 Å². The minimum Gasteiger partial charge on any atom is -0.508 e. The minimum absolute atomic E-state index is 0.0337. The standard InChI is InChI=1S/C16H24N2O2/c1-15(2)13(17)16(3,4)14(15)18-12(20)9-10-6-5-7-11(19)8-10/h5-8,13-14,19H,9,17H2,1-4H3,(H,18,20). The van der Waals surface area contributed by atoms with Crippen LogP contribution in [0.3, 0.4) is 0 Å². The highest BCUT2D eigenvalue weighted by molar-refractivity contribution is 5.79. The predicted molar refractivity (Wildman–Crippen MR) is 79.3 cm³/mol. The van der Waals surface area contributed by atoms with Crippen LogP contribution in [0.1, 0.15) is 33.3 Å². The van der Waals surface area contributed by atoms with Crippen LogP contribution in [0.2, 0.25) is 0 Å². The van der Waals surface area contributed by atoms with Crippen LogP contribution in [0.15, 0.2) is 24.3 Å². The number of nitrogens with one attached hydrogen (secondary N) is 1. The van der Waals surface area contributed by atoms with Gasteiger partial charge in [-0.1, -0.05) is 39.8 Å². The Bertz CT molecular complexity index is 507. The van der Waals surface area contributed by atoms with Crippen molar-refractivity contribution in [1.29, 1.82) is 0 Å². The summed E-state index contributed by atoms with van der Waals surface area (Å²) < 4.78 is 0. The zero-order chi connectivity index (χ0) is 15.1. The third-order valence-corrected chi connectivity index (χ3v) is 4.67. The summed E-state index contributed by atoms with van der Waals surface area (Å²) in [5.41, 5.74) is 6.80. The molecule has 20 heavy (non-hydrogen) atoms. The Hall–Kier alpha value is -1.55. The van der Waals surface area contributed by atoms with Crippen molar-refractivity contribution in [3.63, 3.8) is 0 Å². The topological polar surface area (TPSA) is 75.3 Å². The van der Waals surface area contributed by atoms with E-state index >= 15 is 0 Å². The number of phenols is 1. The molecule has 1 amide bonds. The van der Waals surface area contributed by atoms with E-state index in [-0.39, 0.29) is 41.0 Å². The van der Waals surface area contributed by atoms with Crippen molar-refractivity contribution in [2.24, 2.45) is 16.6 Å².